The number of carbonyl (C=O) groups excluding carboxylic acids is 1. The topological polar surface area (TPSA) is 38.3 Å². The first kappa shape index (κ1) is 15.8. The molecular formula is C15H22ClNO2. The summed E-state index contributed by atoms with van der Waals surface area (Å²) in [6.07, 6.45) is 0.873. The molecule has 1 aromatic rings. The van der Waals surface area contributed by atoms with Crippen molar-refractivity contribution in [2.45, 2.75) is 27.2 Å². The summed E-state index contributed by atoms with van der Waals surface area (Å²) in [6, 6.07) is 7.16. The molecule has 106 valence electrons. The summed E-state index contributed by atoms with van der Waals surface area (Å²) in [5, 5.41) is 2.94. The Balaban J connectivity index is 2.53. The minimum Gasteiger partial charge on any atom is -0.494 e. The van der Waals surface area contributed by atoms with E-state index >= 15 is 0 Å². The van der Waals surface area contributed by atoms with Crippen molar-refractivity contribution in [3.8, 4) is 5.75 Å². The molecule has 0 fully saturated rings. The van der Waals surface area contributed by atoms with Crippen LogP contribution in [0.4, 0.5) is 0 Å². The van der Waals surface area contributed by atoms with E-state index in [1.807, 2.05) is 19.1 Å². The van der Waals surface area contributed by atoms with Gasteiger partial charge >= 0.3 is 0 Å². The van der Waals surface area contributed by atoms with Gasteiger partial charge in [-0.15, -0.1) is 11.6 Å². The zero-order valence-corrected chi connectivity index (χ0v) is 12.6. The lowest BCUT2D eigenvalue weighted by Gasteiger charge is -2.23. The number of nitrogens with one attached hydrogen (secondary N) is 1. The minimum atomic E-state index is -0.0642. The average Bonchev–Trinajstić information content (AvgIpc) is 2.37. The van der Waals surface area contributed by atoms with Gasteiger partial charge in [-0.3, -0.25) is 4.79 Å². The fourth-order valence-electron chi connectivity index (χ4n) is 1.64. The van der Waals surface area contributed by atoms with Gasteiger partial charge in [0.1, 0.15) is 5.75 Å². The number of hydrogen-bond donors (Lipinski definition) is 1. The lowest BCUT2D eigenvalue weighted by atomic mass is 9.90. The zero-order chi connectivity index (χ0) is 14.3. The molecule has 0 bridgehead atoms. The maximum absolute atomic E-state index is 12.0. The molecule has 1 aromatic carbocycles. The van der Waals surface area contributed by atoms with Crippen LogP contribution in [-0.2, 0) is 0 Å². The van der Waals surface area contributed by atoms with Gasteiger partial charge in [0.15, 0.2) is 0 Å². The first-order valence-corrected chi connectivity index (χ1v) is 7.09. The Kier molecular flexibility index (Phi) is 6.16. The van der Waals surface area contributed by atoms with Gasteiger partial charge in [-0.1, -0.05) is 13.8 Å². The number of amides is 1. The van der Waals surface area contributed by atoms with Crippen molar-refractivity contribution >= 4 is 17.5 Å². The third kappa shape index (κ3) is 5.52. The molecule has 0 saturated heterocycles. The second-order valence-corrected chi connectivity index (χ2v) is 5.62. The van der Waals surface area contributed by atoms with E-state index in [2.05, 4.69) is 19.2 Å². The normalized spacial score (nSPS) is 11.2. The summed E-state index contributed by atoms with van der Waals surface area (Å²) in [5.74, 6) is 1.32. The lowest BCUT2D eigenvalue weighted by Crippen LogP contribution is -2.34. The number of benzene rings is 1. The Hall–Kier alpha value is -1.22. The van der Waals surface area contributed by atoms with Crippen molar-refractivity contribution in [3.63, 3.8) is 0 Å². The van der Waals surface area contributed by atoms with Crippen LogP contribution in [0.25, 0.3) is 0 Å². The van der Waals surface area contributed by atoms with Gasteiger partial charge in [-0.05, 0) is 43.0 Å². The maximum Gasteiger partial charge on any atom is 0.251 e. The highest BCUT2D eigenvalue weighted by molar-refractivity contribution is 6.17. The first-order chi connectivity index (χ1) is 8.98. The number of hydrogen-bond acceptors (Lipinski definition) is 2. The van der Waals surface area contributed by atoms with Gasteiger partial charge < -0.3 is 10.1 Å². The molecule has 0 radical (unpaired) electrons. The van der Waals surface area contributed by atoms with Crippen molar-refractivity contribution in [1.29, 1.82) is 0 Å². The smallest absolute Gasteiger partial charge is 0.251 e. The molecule has 0 spiro atoms. The fraction of sp³-hybridized carbons (Fsp3) is 0.533. The Bertz CT molecular complexity index is 401. The van der Waals surface area contributed by atoms with Gasteiger partial charge in [-0.25, -0.2) is 0 Å². The van der Waals surface area contributed by atoms with E-state index in [0.29, 0.717) is 24.6 Å². The van der Waals surface area contributed by atoms with Crippen LogP contribution in [0.1, 0.15) is 37.6 Å². The molecule has 1 rings (SSSR count). The largest absolute Gasteiger partial charge is 0.494 e. The molecule has 0 saturated carbocycles. The summed E-state index contributed by atoms with van der Waals surface area (Å²) in [4.78, 5) is 12.0. The maximum atomic E-state index is 12.0. The molecule has 19 heavy (non-hydrogen) atoms. The summed E-state index contributed by atoms with van der Waals surface area (Å²) in [5.41, 5.74) is 0.660. The SMILES string of the molecule is CCOc1ccc(C(=O)NCC(C)(C)CCCl)cc1. The highest BCUT2D eigenvalue weighted by Crippen LogP contribution is 2.19. The number of halogens is 1. The predicted molar refractivity (Wildman–Crippen MR) is 79.1 cm³/mol. The summed E-state index contributed by atoms with van der Waals surface area (Å²) in [6.45, 7) is 7.35. The lowest BCUT2D eigenvalue weighted by molar-refractivity contribution is 0.0936. The van der Waals surface area contributed by atoms with Crippen LogP contribution >= 0.6 is 11.6 Å². The Morgan fingerprint density at radius 1 is 1.32 bits per heavy atom. The molecule has 0 aliphatic heterocycles. The van der Waals surface area contributed by atoms with Crippen LogP contribution in [0, 0.1) is 5.41 Å². The van der Waals surface area contributed by atoms with E-state index in [0.717, 1.165) is 12.2 Å². The first-order valence-electron chi connectivity index (χ1n) is 6.55. The van der Waals surface area contributed by atoms with Crippen LogP contribution in [0.15, 0.2) is 24.3 Å². The summed E-state index contributed by atoms with van der Waals surface area (Å²) >= 11 is 5.74. The van der Waals surface area contributed by atoms with Crippen LogP contribution in [0.3, 0.4) is 0 Å². The van der Waals surface area contributed by atoms with E-state index in [-0.39, 0.29) is 11.3 Å². The van der Waals surface area contributed by atoms with Crippen molar-refractivity contribution in [1.82, 2.24) is 5.32 Å². The molecule has 0 atom stereocenters. The van der Waals surface area contributed by atoms with Crippen LogP contribution < -0.4 is 10.1 Å². The van der Waals surface area contributed by atoms with Gasteiger partial charge in [-0.2, -0.15) is 0 Å². The second-order valence-electron chi connectivity index (χ2n) is 5.24. The van der Waals surface area contributed by atoms with Gasteiger partial charge in [0, 0.05) is 18.0 Å². The third-order valence-corrected chi connectivity index (χ3v) is 3.12. The molecular weight excluding hydrogens is 262 g/mol. The summed E-state index contributed by atoms with van der Waals surface area (Å²) < 4.78 is 5.34. The molecule has 1 N–H and O–H groups in total. The predicted octanol–water partition coefficient (Wildman–Crippen LogP) is 3.47. The molecule has 0 aromatic heterocycles. The van der Waals surface area contributed by atoms with E-state index in [9.17, 15) is 4.79 Å². The zero-order valence-electron chi connectivity index (χ0n) is 11.8. The van der Waals surface area contributed by atoms with E-state index in [4.69, 9.17) is 16.3 Å². The number of ether oxygens (including phenoxy) is 1. The number of rotatable bonds is 7. The molecule has 0 aliphatic rings. The Morgan fingerprint density at radius 3 is 2.47 bits per heavy atom. The monoisotopic (exact) mass is 283 g/mol. The molecule has 0 aliphatic carbocycles. The highest BCUT2D eigenvalue weighted by atomic mass is 35.5. The standard InChI is InChI=1S/C15H22ClNO2/c1-4-19-13-7-5-12(6-8-13)14(18)17-11-15(2,3)9-10-16/h5-8H,4,9-11H2,1-3H3,(H,17,18). The van der Waals surface area contributed by atoms with E-state index in [1.54, 1.807) is 12.1 Å². The van der Waals surface area contributed by atoms with Crippen LogP contribution in [0.5, 0.6) is 5.75 Å². The Labute approximate surface area is 120 Å². The average molecular weight is 284 g/mol. The van der Waals surface area contributed by atoms with Crippen LogP contribution in [-0.4, -0.2) is 24.9 Å². The molecule has 0 unspecified atom stereocenters. The number of alkyl halides is 1. The number of carbonyl (C=O) groups is 1. The van der Waals surface area contributed by atoms with Gasteiger partial charge in [0.05, 0.1) is 6.61 Å². The van der Waals surface area contributed by atoms with Crippen molar-refractivity contribution < 1.29 is 9.53 Å². The fourth-order valence-corrected chi connectivity index (χ4v) is 2.15. The second kappa shape index (κ2) is 7.39. The molecule has 0 heterocycles. The Morgan fingerprint density at radius 2 is 1.95 bits per heavy atom. The van der Waals surface area contributed by atoms with Crippen molar-refractivity contribution in [3.05, 3.63) is 29.8 Å². The minimum absolute atomic E-state index is 0.0165. The molecule has 1 amide bonds. The van der Waals surface area contributed by atoms with Crippen molar-refractivity contribution in [2.24, 2.45) is 5.41 Å². The molecule has 4 heteroatoms. The quantitative estimate of drug-likeness (QED) is 0.778. The van der Waals surface area contributed by atoms with E-state index in [1.165, 1.54) is 0 Å². The van der Waals surface area contributed by atoms with Gasteiger partial charge in [0.2, 0.25) is 0 Å². The summed E-state index contributed by atoms with van der Waals surface area (Å²) in [7, 11) is 0. The third-order valence-electron chi connectivity index (χ3n) is 2.93. The van der Waals surface area contributed by atoms with Crippen LogP contribution in [0.2, 0.25) is 0 Å². The van der Waals surface area contributed by atoms with Gasteiger partial charge in [0.25, 0.3) is 5.91 Å². The highest BCUT2D eigenvalue weighted by Gasteiger charge is 2.18. The molecule has 3 nitrogen and oxygen atoms in total. The van der Waals surface area contributed by atoms with Crippen molar-refractivity contribution in [2.75, 3.05) is 19.0 Å². The van der Waals surface area contributed by atoms with E-state index < -0.39 is 0 Å².